The second-order valence-electron chi connectivity index (χ2n) is 10.8. The van der Waals surface area contributed by atoms with Crippen molar-refractivity contribution in [1.82, 2.24) is 0 Å². The van der Waals surface area contributed by atoms with Gasteiger partial charge in [0, 0.05) is 9.52 Å². The summed E-state index contributed by atoms with van der Waals surface area (Å²) < 4.78 is 0. The van der Waals surface area contributed by atoms with Gasteiger partial charge in [-0.25, -0.2) is 0 Å². The van der Waals surface area contributed by atoms with E-state index in [1.165, 1.54) is 43.8 Å². The van der Waals surface area contributed by atoms with Gasteiger partial charge in [0.05, 0.1) is 0 Å². The molecule has 0 aliphatic carbocycles. The Morgan fingerprint density at radius 2 is 0.882 bits per heavy atom. The molecule has 0 saturated heterocycles. The smallest absolute Gasteiger partial charge is 0.358 e. The fourth-order valence-corrected chi connectivity index (χ4v) is 3.66. The number of benzene rings is 2. The minimum atomic E-state index is 0. The van der Waals surface area contributed by atoms with Crippen molar-refractivity contribution in [3.8, 4) is 0 Å². The summed E-state index contributed by atoms with van der Waals surface area (Å²) in [6.45, 7) is 22.1. The normalized spacial score (nSPS) is 10.6. The van der Waals surface area contributed by atoms with E-state index in [0.29, 0.717) is 0 Å². The molecule has 0 fully saturated rings. The third-order valence-corrected chi connectivity index (χ3v) is 5.44. The molecule has 0 spiro atoms. The Bertz CT molecular complexity index is 1020. The monoisotopic (exact) mass is 548 g/mol. The second-order valence-corrected chi connectivity index (χ2v) is 11.8. The Kier molecular flexibility index (Phi) is 14.7. The second kappa shape index (κ2) is 14.4. The maximum Gasteiger partial charge on any atom is 4.00 e. The Morgan fingerprint density at radius 1 is 0.588 bits per heavy atom. The van der Waals surface area contributed by atoms with Gasteiger partial charge in [0.25, 0.3) is 0 Å². The molecule has 0 nitrogen and oxygen atoms in total. The van der Waals surface area contributed by atoms with Crippen molar-refractivity contribution in [3.63, 3.8) is 0 Å². The van der Waals surface area contributed by atoms with E-state index in [9.17, 15) is 0 Å². The molecule has 0 aliphatic rings. The number of hydrogen-bond donors (Lipinski definition) is 0. The summed E-state index contributed by atoms with van der Waals surface area (Å²) >= 11 is 0. The van der Waals surface area contributed by atoms with E-state index >= 15 is 0 Å². The molecule has 4 rings (SSSR count). The van der Waals surface area contributed by atoms with Crippen molar-refractivity contribution in [1.29, 1.82) is 0 Å². The van der Waals surface area contributed by atoms with E-state index in [1.54, 1.807) is 0 Å². The predicted octanol–water partition coefficient (Wildman–Crippen LogP) is 10.0. The molecular weight excluding hydrogens is 504 g/mol. The summed E-state index contributed by atoms with van der Waals surface area (Å²) in [6.07, 6.45) is 0. The molecule has 0 amide bonds. The summed E-state index contributed by atoms with van der Waals surface area (Å²) in [6, 6.07) is 22.5. The predicted molar refractivity (Wildman–Crippen MR) is 156 cm³/mol. The Morgan fingerprint density at radius 3 is 1.15 bits per heavy atom. The Balaban J connectivity index is 0. The van der Waals surface area contributed by atoms with Crippen LogP contribution < -0.4 is 0 Å². The van der Waals surface area contributed by atoms with Gasteiger partial charge >= 0.3 is 26.2 Å². The number of fused-ring (bicyclic) bond motifs is 2. The van der Waals surface area contributed by atoms with Crippen molar-refractivity contribution in [2.45, 2.75) is 79.3 Å². The SMILES string of the molecule is C[Si]C.Cc1cc2cc(C(C)(C)C)ccc2[cH-]1.Cc1cc2cc(C(C)(C)C)ccc2[cH-]1.[CH3-].[CH3-].[Zr+4]. The molecule has 0 heterocycles. The van der Waals surface area contributed by atoms with Gasteiger partial charge in [-0.2, -0.15) is 12.1 Å². The third-order valence-electron chi connectivity index (χ3n) is 5.44. The summed E-state index contributed by atoms with van der Waals surface area (Å²) in [4.78, 5) is 0. The zero-order valence-corrected chi connectivity index (χ0v) is 27.2. The van der Waals surface area contributed by atoms with Crippen molar-refractivity contribution in [2.24, 2.45) is 0 Å². The zero-order valence-electron chi connectivity index (χ0n) is 23.8. The summed E-state index contributed by atoms with van der Waals surface area (Å²) in [5.41, 5.74) is 6.03. The van der Waals surface area contributed by atoms with Gasteiger partial charge in [-0.05, 0) is 10.8 Å². The van der Waals surface area contributed by atoms with Gasteiger partial charge in [0.15, 0.2) is 0 Å². The molecule has 4 aromatic rings. The summed E-state index contributed by atoms with van der Waals surface area (Å²) in [5, 5.41) is 5.45. The summed E-state index contributed by atoms with van der Waals surface area (Å²) in [7, 11) is 1.08. The van der Waals surface area contributed by atoms with E-state index < -0.39 is 0 Å². The van der Waals surface area contributed by atoms with E-state index in [0.717, 1.165) is 9.52 Å². The van der Waals surface area contributed by atoms with Crippen LogP contribution in [0.4, 0.5) is 0 Å². The van der Waals surface area contributed by atoms with Gasteiger partial charge in [-0.3, -0.25) is 0 Å². The zero-order chi connectivity index (χ0) is 23.4. The van der Waals surface area contributed by atoms with Crippen LogP contribution >= 0.6 is 0 Å². The molecular formula is C32H46SiZr. The molecule has 0 saturated carbocycles. The standard InChI is InChI=1S/2C14H17.C2H6Si.2CH3.Zr/c2*1-10-7-11-5-6-13(14(2,3)4)9-12(11)8-10;1-3-2;;;/h2*5-9H,1-4H3;1-2H3;2*1H3;/q2*-1;;2*-1;+4. The van der Waals surface area contributed by atoms with Gasteiger partial charge in [-0.1, -0.05) is 79.6 Å². The van der Waals surface area contributed by atoms with Crippen LogP contribution in [-0.4, -0.2) is 9.52 Å². The Labute approximate surface area is 233 Å². The van der Waals surface area contributed by atoms with Crippen LogP contribution in [0.3, 0.4) is 0 Å². The molecule has 34 heavy (non-hydrogen) atoms. The molecule has 0 aromatic heterocycles. The molecule has 2 heteroatoms. The molecule has 4 aromatic carbocycles. The van der Waals surface area contributed by atoms with Crippen LogP contribution in [0, 0.1) is 28.7 Å². The van der Waals surface area contributed by atoms with Crippen LogP contribution in [0.1, 0.15) is 63.8 Å². The van der Waals surface area contributed by atoms with Crippen LogP contribution in [0.25, 0.3) is 21.5 Å². The van der Waals surface area contributed by atoms with E-state index in [2.05, 4.69) is 129 Å². The van der Waals surface area contributed by atoms with Crippen molar-refractivity contribution in [2.75, 3.05) is 0 Å². The molecule has 182 valence electrons. The fraction of sp³-hybridized carbons (Fsp3) is 0.375. The quantitative estimate of drug-likeness (QED) is 0.151. The average Bonchev–Trinajstić information content (AvgIpc) is 3.20. The molecule has 0 N–H and O–H groups in total. The maximum atomic E-state index is 2.31. The Hall–Kier alpha value is -1.24. The molecule has 0 atom stereocenters. The van der Waals surface area contributed by atoms with Gasteiger partial charge < -0.3 is 14.9 Å². The first kappa shape index (κ1) is 34.9. The van der Waals surface area contributed by atoms with Crippen molar-refractivity contribution >= 4 is 31.1 Å². The van der Waals surface area contributed by atoms with Crippen molar-refractivity contribution in [3.05, 3.63) is 97.8 Å². The first-order valence-electron chi connectivity index (χ1n) is 11.3. The number of hydrogen-bond acceptors (Lipinski definition) is 0. The summed E-state index contributed by atoms with van der Waals surface area (Å²) in [5.74, 6) is 0. The van der Waals surface area contributed by atoms with Gasteiger partial charge in [0.2, 0.25) is 0 Å². The van der Waals surface area contributed by atoms with E-state index in [-0.39, 0.29) is 51.9 Å². The van der Waals surface area contributed by atoms with E-state index in [1.807, 2.05) is 0 Å². The van der Waals surface area contributed by atoms with Gasteiger partial charge in [0.1, 0.15) is 0 Å². The minimum absolute atomic E-state index is 0. The fourth-order valence-electron chi connectivity index (χ4n) is 3.66. The molecule has 0 unspecified atom stereocenters. The van der Waals surface area contributed by atoms with Crippen LogP contribution in [-0.2, 0) is 37.0 Å². The number of aryl methyl sites for hydroxylation is 2. The van der Waals surface area contributed by atoms with E-state index in [4.69, 9.17) is 0 Å². The topological polar surface area (TPSA) is 0 Å². The third kappa shape index (κ3) is 9.79. The van der Waals surface area contributed by atoms with Gasteiger partial charge in [-0.15, -0.1) is 81.2 Å². The van der Waals surface area contributed by atoms with Crippen molar-refractivity contribution < 1.29 is 26.2 Å². The first-order chi connectivity index (χ1) is 14.3. The molecule has 0 bridgehead atoms. The number of rotatable bonds is 0. The molecule has 0 aliphatic heterocycles. The molecule has 2 radical (unpaired) electrons. The average molecular weight is 550 g/mol. The van der Waals surface area contributed by atoms with Crippen LogP contribution in [0.15, 0.2) is 60.7 Å². The minimum Gasteiger partial charge on any atom is -0.358 e. The largest absolute Gasteiger partial charge is 4.00 e. The van der Waals surface area contributed by atoms with Crippen LogP contribution in [0.2, 0.25) is 13.1 Å². The van der Waals surface area contributed by atoms with Crippen LogP contribution in [0.5, 0.6) is 0 Å². The first-order valence-corrected chi connectivity index (χ1v) is 13.3. The maximum absolute atomic E-state index is 2.31.